The number of aromatic nitrogens is 6. The molecule has 5 rings (SSSR count). The highest BCUT2D eigenvalue weighted by Crippen LogP contribution is 2.24. The quantitative estimate of drug-likeness (QED) is 0.590. The molecule has 3 aromatic heterocycles. The average molecular weight is 347 g/mol. The Hall–Kier alpha value is -3.42. The highest BCUT2D eigenvalue weighted by molar-refractivity contribution is 5.76. The number of rotatable bonds is 3. The Balaban J connectivity index is 1.46. The van der Waals surface area contributed by atoms with Crippen LogP contribution in [-0.2, 0) is 13.0 Å². The van der Waals surface area contributed by atoms with Crippen molar-refractivity contribution in [2.24, 2.45) is 0 Å². The molecule has 4 heterocycles. The smallest absolute Gasteiger partial charge is 0.227 e. The highest BCUT2D eigenvalue weighted by Gasteiger charge is 2.21. The molecule has 0 bridgehead atoms. The molecule has 0 radical (unpaired) electrons. The first-order chi connectivity index (χ1) is 12.8. The Morgan fingerprint density at radius 3 is 2.85 bits per heavy atom. The lowest BCUT2D eigenvalue weighted by molar-refractivity contribution is 0.415. The number of anilines is 1. The van der Waals surface area contributed by atoms with Crippen molar-refractivity contribution in [3.8, 4) is 17.1 Å². The van der Waals surface area contributed by atoms with Crippen LogP contribution in [0.4, 0.5) is 5.95 Å². The van der Waals surface area contributed by atoms with E-state index in [1.54, 1.807) is 19.6 Å². The van der Waals surface area contributed by atoms with Gasteiger partial charge in [0.25, 0.3) is 0 Å². The number of hydrogen-bond acceptors (Lipinski definition) is 6. The number of benzene rings is 1. The second-order valence-electron chi connectivity index (χ2n) is 6.22. The maximum atomic E-state index is 5.20. The molecule has 0 unspecified atom stereocenters. The van der Waals surface area contributed by atoms with Crippen molar-refractivity contribution in [2.45, 2.75) is 13.0 Å². The molecular formula is C18H17N7O. The van der Waals surface area contributed by atoms with E-state index in [2.05, 4.69) is 34.8 Å². The largest absolute Gasteiger partial charge is 0.497 e. The Morgan fingerprint density at radius 1 is 1.12 bits per heavy atom. The fourth-order valence-electron chi connectivity index (χ4n) is 3.22. The van der Waals surface area contributed by atoms with Crippen LogP contribution in [0, 0.1) is 0 Å². The first-order valence-corrected chi connectivity index (χ1v) is 8.43. The number of imidazole rings is 2. The van der Waals surface area contributed by atoms with Gasteiger partial charge in [0.05, 0.1) is 37.6 Å². The van der Waals surface area contributed by atoms with Gasteiger partial charge >= 0.3 is 0 Å². The molecule has 8 nitrogen and oxygen atoms in total. The summed E-state index contributed by atoms with van der Waals surface area (Å²) in [5.41, 5.74) is 4.71. The first-order valence-electron chi connectivity index (χ1n) is 8.43. The molecule has 0 atom stereocenters. The van der Waals surface area contributed by atoms with Gasteiger partial charge in [0.1, 0.15) is 17.1 Å². The molecule has 0 saturated carbocycles. The summed E-state index contributed by atoms with van der Waals surface area (Å²) < 4.78 is 5.20. The Morgan fingerprint density at radius 2 is 2.00 bits per heavy atom. The fraction of sp³-hybridized carbons (Fsp3) is 0.222. The summed E-state index contributed by atoms with van der Waals surface area (Å²) in [6.07, 6.45) is 4.42. The van der Waals surface area contributed by atoms with E-state index in [0.717, 1.165) is 53.6 Å². The maximum Gasteiger partial charge on any atom is 0.227 e. The molecule has 0 amide bonds. The molecular weight excluding hydrogens is 330 g/mol. The van der Waals surface area contributed by atoms with Crippen LogP contribution in [0.5, 0.6) is 5.75 Å². The molecule has 1 aromatic carbocycles. The van der Waals surface area contributed by atoms with E-state index in [1.165, 1.54) is 0 Å². The van der Waals surface area contributed by atoms with Crippen molar-refractivity contribution in [3.63, 3.8) is 0 Å². The summed E-state index contributed by atoms with van der Waals surface area (Å²) >= 11 is 0. The van der Waals surface area contributed by atoms with Gasteiger partial charge in [0.2, 0.25) is 5.95 Å². The van der Waals surface area contributed by atoms with E-state index in [9.17, 15) is 0 Å². The summed E-state index contributed by atoms with van der Waals surface area (Å²) in [4.78, 5) is 26.7. The standard InChI is InChI=1S/C18H17N7O/c1-26-12-4-2-11(3-5-12)16-22-14-8-19-18(24-17(14)23-16)25-7-6-13-15(9-25)21-10-20-13/h2-5,8,10H,6-7,9H2,1H3,(H,20,21)(H,19,22,23,24). The Labute approximate surface area is 149 Å². The van der Waals surface area contributed by atoms with Gasteiger partial charge in [0, 0.05) is 18.5 Å². The summed E-state index contributed by atoms with van der Waals surface area (Å²) in [5, 5.41) is 0. The predicted octanol–water partition coefficient (Wildman–Crippen LogP) is 2.31. The number of ether oxygens (including phenoxy) is 1. The van der Waals surface area contributed by atoms with Gasteiger partial charge < -0.3 is 19.6 Å². The minimum absolute atomic E-state index is 0.663. The topological polar surface area (TPSA) is 95.6 Å². The van der Waals surface area contributed by atoms with Crippen molar-refractivity contribution < 1.29 is 4.74 Å². The molecule has 0 fully saturated rings. The lowest BCUT2D eigenvalue weighted by Crippen LogP contribution is -2.31. The zero-order valence-corrected chi connectivity index (χ0v) is 14.2. The molecule has 0 aliphatic carbocycles. The van der Waals surface area contributed by atoms with Crippen LogP contribution in [0.25, 0.3) is 22.6 Å². The van der Waals surface area contributed by atoms with Crippen molar-refractivity contribution in [1.82, 2.24) is 29.9 Å². The monoisotopic (exact) mass is 347 g/mol. The molecule has 8 heteroatoms. The van der Waals surface area contributed by atoms with E-state index in [-0.39, 0.29) is 0 Å². The van der Waals surface area contributed by atoms with E-state index in [4.69, 9.17) is 4.74 Å². The van der Waals surface area contributed by atoms with E-state index in [0.29, 0.717) is 11.6 Å². The lowest BCUT2D eigenvalue weighted by atomic mass is 10.1. The molecule has 130 valence electrons. The highest BCUT2D eigenvalue weighted by atomic mass is 16.5. The number of fused-ring (bicyclic) bond motifs is 2. The van der Waals surface area contributed by atoms with Crippen LogP contribution >= 0.6 is 0 Å². The minimum atomic E-state index is 0.663. The second-order valence-corrected chi connectivity index (χ2v) is 6.22. The van der Waals surface area contributed by atoms with Crippen LogP contribution in [0.2, 0.25) is 0 Å². The minimum Gasteiger partial charge on any atom is -0.497 e. The summed E-state index contributed by atoms with van der Waals surface area (Å²) in [6.45, 7) is 1.58. The van der Waals surface area contributed by atoms with Gasteiger partial charge in [-0.25, -0.2) is 15.0 Å². The predicted molar refractivity (Wildman–Crippen MR) is 97.0 cm³/mol. The van der Waals surface area contributed by atoms with Crippen LogP contribution in [0.3, 0.4) is 0 Å². The van der Waals surface area contributed by atoms with Crippen LogP contribution in [0.15, 0.2) is 36.8 Å². The second kappa shape index (κ2) is 5.83. The van der Waals surface area contributed by atoms with E-state index in [1.807, 2.05) is 24.3 Å². The Kier molecular flexibility index (Phi) is 3.34. The molecule has 1 aliphatic heterocycles. The molecule has 1 aliphatic rings. The van der Waals surface area contributed by atoms with Crippen molar-refractivity contribution in [3.05, 3.63) is 48.2 Å². The van der Waals surface area contributed by atoms with Gasteiger partial charge in [-0.1, -0.05) is 0 Å². The number of nitrogens with one attached hydrogen (secondary N) is 2. The normalized spacial score (nSPS) is 13.8. The third-order valence-corrected chi connectivity index (χ3v) is 4.65. The summed E-state index contributed by atoms with van der Waals surface area (Å²) in [5.74, 6) is 2.27. The molecule has 2 N–H and O–H groups in total. The Bertz CT molecular complexity index is 1070. The number of nitrogens with zero attached hydrogens (tertiary/aromatic N) is 5. The third-order valence-electron chi connectivity index (χ3n) is 4.65. The molecule has 0 spiro atoms. The van der Waals surface area contributed by atoms with Crippen LogP contribution < -0.4 is 9.64 Å². The van der Waals surface area contributed by atoms with Crippen molar-refractivity contribution in [2.75, 3.05) is 18.6 Å². The van der Waals surface area contributed by atoms with Crippen LogP contribution in [-0.4, -0.2) is 43.6 Å². The molecule has 0 saturated heterocycles. The maximum absolute atomic E-state index is 5.20. The fourth-order valence-corrected chi connectivity index (χ4v) is 3.22. The number of H-pyrrole nitrogens is 2. The van der Waals surface area contributed by atoms with Gasteiger partial charge in [-0.3, -0.25) is 0 Å². The first kappa shape index (κ1) is 14.9. The van der Waals surface area contributed by atoms with Crippen molar-refractivity contribution >= 4 is 17.1 Å². The lowest BCUT2D eigenvalue weighted by Gasteiger charge is -2.25. The van der Waals surface area contributed by atoms with Crippen LogP contribution in [0.1, 0.15) is 11.4 Å². The number of aromatic amines is 2. The number of methoxy groups -OCH3 is 1. The summed E-state index contributed by atoms with van der Waals surface area (Å²) in [7, 11) is 1.65. The van der Waals surface area contributed by atoms with Gasteiger partial charge in [0.15, 0.2) is 5.65 Å². The zero-order valence-electron chi connectivity index (χ0n) is 14.2. The van der Waals surface area contributed by atoms with E-state index >= 15 is 0 Å². The van der Waals surface area contributed by atoms with Gasteiger partial charge in [-0.15, -0.1) is 0 Å². The SMILES string of the molecule is COc1ccc(-c2nc3nc(N4CCc5nc[nH]c5C4)ncc3[nH]2)cc1. The molecule has 4 aromatic rings. The average Bonchev–Trinajstić information content (AvgIpc) is 3.33. The van der Waals surface area contributed by atoms with E-state index < -0.39 is 0 Å². The summed E-state index contributed by atoms with van der Waals surface area (Å²) in [6, 6.07) is 7.76. The molecule has 26 heavy (non-hydrogen) atoms. The zero-order chi connectivity index (χ0) is 17.5. The van der Waals surface area contributed by atoms with Crippen molar-refractivity contribution in [1.29, 1.82) is 0 Å². The number of hydrogen-bond donors (Lipinski definition) is 2. The van der Waals surface area contributed by atoms with Gasteiger partial charge in [-0.05, 0) is 24.3 Å². The van der Waals surface area contributed by atoms with Gasteiger partial charge in [-0.2, -0.15) is 4.98 Å². The third kappa shape index (κ3) is 2.46.